The van der Waals surface area contributed by atoms with Gasteiger partial charge in [0.15, 0.2) is 11.5 Å². The average molecular weight is 264 g/mol. The van der Waals surface area contributed by atoms with E-state index in [0.717, 1.165) is 22.1 Å². The number of pyridine rings is 1. The van der Waals surface area contributed by atoms with E-state index < -0.39 is 0 Å². The second-order valence-electron chi connectivity index (χ2n) is 4.84. The summed E-state index contributed by atoms with van der Waals surface area (Å²) in [7, 11) is 0. The monoisotopic (exact) mass is 264 g/mol. The van der Waals surface area contributed by atoms with Gasteiger partial charge in [-0.1, -0.05) is 17.7 Å². The van der Waals surface area contributed by atoms with Crippen molar-refractivity contribution in [1.29, 1.82) is 0 Å². The molecule has 0 unspecified atom stereocenters. The summed E-state index contributed by atoms with van der Waals surface area (Å²) in [6.45, 7) is 2.02. The fourth-order valence-electron chi connectivity index (χ4n) is 2.46. The zero-order chi connectivity index (χ0) is 13.7. The fourth-order valence-corrected chi connectivity index (χ4v) is 2.46. The van der Waals surface area contributed by atoms with Gasteiger partial charge in [-0.3, -0.25) is 0 Å². The normalized spacial score (nSPS) is 11.4. The lowest BCUT2D eigenvalue weighted by atomic mass is 10.1. The summed E-state index contributed by atoms with van der Waals surface area (Å²) < 4.78 is 1.70. The van der Waals surface area contributed by atoms with E-state index in [9.17, 15) is 5.11 Å². The number of H-pyrrole nitrogens is 1. The van der Waals surface area contributed by atoms with Crippen molar-refractivity contribution in [3.8, 4) is 17.3 Å². The molecule has 0 aliphatic rings. The number of aromatic nitrogens is 4. The van der Waals surface area contributed by atoms with Crippen LogP contribution in [0.15, 0.2) is 42.6 Å². The quantitative estimate of drug-likeness (QED) is 0.555. The number of rotatable bonds is 1. The molecule has 0 aliphatic heterocycles. The topological polar surface area (TPSA) is 66.2 Å². The number of aromatic amines is 1. The van der Waals surface area contributed by atoms with Gasteiger partial charge in [0, 0.05) is 17.1 Å². The third-order valence-electron chi connectivity index (χ3n) is 3.40. The molecule has 0 amide bonds. The van der Waals surface area contributed by atoms with Crippen LogP contribution in [0.3, 0.4) is 0 Å². The highest BCUT2D eigenvalue weighted by molar-refractivity contribution is 5.97. The first kappa shape index (κ1) is 11.0. The Morgan fingerprint density at radius 3 is 2.95 bits per heavy atom. The Hall–Kier alpha value is -2.82. The molecule has 0 bridgehead atoms. The molecule has 1 aromatic carbocycles. The van der Waals surface area contributed by atoms with Crippen LogP contribution in [-0.4, -0.2) is 24.7 Å². The second-order valence-corrected chi connectivity index (χ2v) is 4.84. The minimum atomic E-state index is 0.0986. The van der Waals surface area contributed by atoms with Gasteiger partial charge < -0.3 is 10.1 Å². The van der Waals surface area contributed by atoms with Crippen LogP contribution in [-0.2, 0) is 0 Å². The summed E-state index contributed by atoms with van der Waals surface area (Å²) >= 11 is 0. The summed E-state index contributed by atoms with van der Waals surface area (Å²) in [6.07, 6.45) is 1.84. The average Bonchev–Trinajstić information content (AvgIpc) is 2.97. The highest BCUT2D eigenvalue weighted by Crippen LogP contribution is 2.35. The molecule has 4 rings (SSSR count). The van der Waals surface area contributed by atoms with Crippen molar-refractivity contribution >= 4 is 16.6 Å². The first-order valence-corrected chi connectivity index (χ1v) is 6.35. The van der Waals surface area contributed by atoms with Crippen molar-refractivity contribution < 1.29 is 5.11 Å². The van der Waals surface area contributed by atoms with E-state index in [0.29, 0.717) is 11.4 Å². The molecule has 3 heterocycles. The molecule has 0 aliphatic carbocycles. The standard InChI is InChI=1S/C15H12N4O/c1-9-5-6-11-10(8-9)13(15(20)16-11)14-17-12-4-2-3-7-19(12)18-14/h2-8,16,20H,1H3. The molecule has 0 spiro atoms. The minimum absolute atomic E-state index is 0.0986. The van der Waals surface area contributed by atoms with Gasteiger partial charge in [0.2, 0.25) is 5.88 Å². The van der Waals surface area contributed by atoms with Crippen molar-refractivity contribution in [2.45, 2.75) is 6.92 Å². The predicted molar refractivity (Wildman–Crippen MR) is 76.7 cm³/mol. The van der Waals surface area contributed by atoms with Crippen molar-refractivity contribution in [2.75, 3.05) is 0 Å². The van der Waals surface area contributed by atoms with E-state index in [1.807, 2.05) is 49.5 Å². The number of fused-ring (bicyclic) bond motifs is 2. The number of nitrogens with zero attached hydrogens (tertiary/aromatic N) is 3. The predicted octanol–water partition coefficient (Wildman–Crippen LogP) is 2.89. The van der Waals surface area contributed by atoms with E-state index in [-0.39, 0.29) is 5.88 Å². The van der Waals surface area contributed by atoms with E-state index in [1.165, 1.54) is 0 Å². The number of nitrogens with one attached hydrogen (secondary N) is 1. The summed E-state index contributed by atoms with van der Waals surface area (Å²) in [5, 5.41) is 15.5. The molecule has 20 heavy (non-hydrogen) atoms. The van der Waals surface area contributed by atoms with Gasteiger partial charge in [-0.25, -0.2) is 9.50 Å². The van der Waals surface area contributed by atoms with Crippen LogP contribution < -0.4 is 0 Å². The molecule has 0 fully saturated rings. The Balaban J connectivity index is 2.05. The molecule has 0 atom stereocenters. The van der Waals surface area contributed by atoms with Crippen LogP contribution in [0.4, 0.5) is 0 Å². The van der Waals surface area contributed by atoms with Crippen LogP contribution in [0.25, 0.3) is 27.9 Å². The maximum absolute atomic E-state index is 10.2. The summed E-state index contributed by atoms with van der Waals surface area (Å²) in [6, 6.07) is 11.7. The Morgan fingerprint density at radius 1 is 1.20 bits per heavy atom. The summed E-state index contributed by atoms with van der Waals surface area (Å²) in [5.74, 6) is 0.618. The largest absolute Gasteiger partial charge is 0.494 e. The fraction of sp³-hybridized carbons (Fsp3) is 0.0667. The molecule has 0 radical (unpaired) electrons. The number of hydrogen-bond acceptors (Lipinski definition) is 3. The number of benzene rings is 1. The van der Waals surface area contributed by atoms with Gasteiger partial charge in [0.05, 0.1) is 5.56 Å². The van der Waals surface area contributed by atoms with E-state index in [1.54, 1.807) is 4.52 Å². The molecule has 0 saturated carbocycles. The molecule has 5 nitrogen and oxygen atoms in total. The first-order chi connectivity index (χ1) is 9.72. The lowest BCUT2D eigenvalue weighted by Gasteiger charge is -1.95. The highest BCUT2D eigenvalue weighted by Gasteiger charge is 2.17. The van der Waals surface area contributed by atoms with Gasteiger partial charge >= 0.3 is 0 Å². The second kappa shape index (κ2) is 3.84. The summed E-state index contributed by atoms with van der Waals surface area (Å²) in [5.41, 5.74) is 3.40. The number of aryl methyl sites for hydroxylation is 1. The van der Waals surface area contributed by atoms with Crippen LogP contribution in [0, 0.1) is 6.92 Å². The van der Waals surface area contributed by atoms with Crippen molar-refractivity contribution in [2.24, 2.45) is 0 Å². The third-order valence-corrected chi connectivity index (χ3v) is 3.40. The van der Waals surface area contributed by atoms with E-state index >= 15 is 0 Å². The van der Waals surface area contributed by atoms with Crippen LogP contribution in [0.2, 0.25) is 0 Å². The summed E-state index contributed by atoms with van der Waals surface area (Å²) in [4.78, 5) is 7.43. The molecule has 4 aromatic rings. The number of hydrogen-bond donors (Lipinski definition) is 2. The Kier molecular flexibility index (Phi) is 2.12. The third kappa shape index (κ3) is 1.50. The van der Waals surface area contributed by atoms with Crippen molar-refractivity contribution in [1.82, 2.24) is 19.6 Å². The maximum atomic E-state index is 10.2. The van der Waals surface area contributed by atoms with Gasteiger partial charge in [0.25, 0.3) is 0 Å². The zero-order valence-electron chi connectivity index (χ0n) is 10.8. The lowest BCUT2D eigenvalue weighted by molar-refractivity contribution is 0.460. The molecule has 2 N–H and O–H groups in total. The Labute approximate surface area is 114 Å². The first-order valence-electron chi connectivity index (χ1n) is 6.35. The SMILES string of the molecule is Cc1ccc2[nH]c(O)c(-c3nc4ccccn4n3)c2c1. The lowest BCUT2D eigenvalue weighted by Crippen LogP contribution is -1.84. The van der Waals surface area contributed by atoms with Crippen molar-refractivity contribution in [3.63, 3.8) is 0 Å². The van der Waals surface area contributed by atoms with Crippen LogP contribution >= 0.6 is 0 Å². The van der Waals surface area contributed by atoms with Gasteiger partial charge in [-0.05, 0) is 31.2 Å². The number of aromatic hydroxyl groups is 1. The minimum Gasteiger partial charge on any atom is -0.494 e. The van der Waals surface area contributed by atoms with Gasteiger partial charge in [0.1, 0.15) is 0 Å². The molecule has 98 valence electrons. The smallest absolute Gasteiger partial charge is 0.200 e. The Morgan fingerprint density at radius 2 is 2.10 bits per heavy atom. The molecule has 3 aromatic heterocycles. The molecule has 0 saturated heterocycles. The van der Waals surface area contributed by atoms with E-state index in [2.05, 4.69) is 15.1 Å². The Bertz CT molecular complexity index is 903. The zero-order valence-corrected chi connectivity index (χ0v) is 10.8. The van der Waals surface area contributed by atoms with Gasteiger partial charge in [-0.15, -0.1) is 5.10 Å². The molecular weight excluding hydrogens is 252 g/mol. The maximum Gasteiger partial charge on any atom is 0.200 e. The van der Waals surface area contributed by atoms with Gasteiger partial charge in [-0.2, -0.15) is 0 Å². The molecule has 5 heteroatoms. The van der Waals surface area contributed by atoms with Crippen LogP contribution in [0.1, 0.15) is 5.56 Å². The van der Waals surface area contributed by atoms with Crippen LogP contribution in [0.5, 0.6) is 5.88 Å². The highest BCUT2D eigenvalue weighted by atomic mass is 16.3. The molecular formula is C15H12N4O. The van der Waals surface area contributed by atoms with E-state index in [4.69, 9.17) is 0 Å². The van der Waals surface area contributed by atoms with Crippen molar-refractivity contribution in [3.05, 3.63) is 48.2 Å².